The molecule has 1 heterocycles. The third-order valence-corrected chi connectivity index (χ3v) is 1.69. The summed E-state index contributed by atoms with van der Waals surface area (Å²) < 4.78 is 5.27. The van der Waals surface area contributed by atoms with Gasteiger partial charge in [-0.1, -0.05) is 0 Å². The van der Waals surface area contributed by atoms with E-state index in [-0.39, 0.29) is 1.43 Å². The number of nitrogens with zero attached hydrogens (tertiary/aromatic N) is 1. The molecule has 1 rings (SSSR count). The fourth-order valence-corrected chi connectivity index (χ4v) is 1.06. The Morgan fingerprint density at radius 3 is 2.80 bits per heavy atom. The van der Waals surface area contributed by atoms with Crippen LogP contribution in [0.5, 0.6) is 0 Å². The number of hydrogen-bond donors (Lipinski definition) is 1. The molecule has 0 spiro atoms. The highest BCUT2D eigenvalue weighted by Gasteiger charge is 2.07. The van der Waals surface area contributed by atoms with Gasteiger partial charge in [0.05, 0.1) is 6.73 Å². The smallest absolute Gasteiger partial charge is 0.0990 e. The Morgan fingerprint density at radius 2 is 2.20 bits per heavy atom. The van der Waals surface area contributed by atoms with Gasteiger partial charge in [-0.2, -0.15) is 0 Å². The van der Waals surface area contributed by atoms with Gasteiger partial charge in [-0.3, -0.25) is 4.90 Å². The monoisotopic (exact) mass is 146 g/mol. The van der Waals surface area contributed by atoms with Gasteiger partial charge in [0.15, 0.2) is 0 Å². The summed E-state index contributed by atoms with van der Waals surface area (Å²) in [6, 6.07) is 0. The normalized spacial score (nSPS) is 21.3. The molecule has 0 unspecified atom stereocenters. The Kier molecular flexibility index (Phi) is 3.72. The predicted molar refractivity (Wildman–Crippen MR) is 43.0 cm³/mol. The molecule has 1 aliphatic rings. The van der Waals surface area contributed by atoms with Gasteiger partial charge < -0.3 is 10.1 Å². The van der Waals surface area contributed by atoms with E-state index in [2.05, 4.69) is 10.2 Å². The molecule has 10 heavy (non-hydrogen) atoms. The van der Waals surface area contributed by atoms with Crippen LogP contribution in [0.4, 0.5) is 0 Å². The molecule has 0 saturated carbocycles. The second kappa shape index (κ2) is 4.66. The summed E-state index contributed by atoms with van der Waals surface area (Å²) in [5.74, 6) is 0. The van der Waals surface area contributed by atoms with E-state index in [4.69, 9.17) is 4.74 Å². The molecular formula is C7H18N2O. The molecule has 3 nitrogen and oxygen atoms in total. The van der Waals surface area contributed by atoms with Crippen LogP contribution in [0.15, 0.2) is 0 Å². The second-order valence-corrected chi connectivity index (χ2v) is 2.49. The first-order valence-electron chi connectivity index (χ1n) is 3.94. The highest BCUT2D eigenvalue weighted by molar-refractivity contribution is 4.63. The van der Waals surface area contributed by atoms with E-state index in [9.17, 15) is 0 Å². The van der Waals surface area contributed by atoms with Gasteiger partial charge in [-0.25, -0.2) is 0 Å². The van der Waals surface area contributed by atoms with Crippen LogP contribution in [0.25, 0.3) is 0 Å². The lowest BCUT2D eigenvalue weighted by Crippen LogP contribution is -2.44. The Morgan fingerprint density at radius 1 is 1.50 bits per heavy atom. The first-order chi connectivity index (χ1) is 4.93. The fourth-order valence-electron chi connectivity index (χ4n) is 1.06. The first-order valence-corrected chi connectivity index (χ1v) is 3.94. The number of ether oxygens (including phenoxy) is 1. The van der Waals surface area contributed by atoms with Crippen LogP contribution in [0, 0.1) is 0 Å². The zero-order valence-electron chi connectivity index (χ0n) is 6.60. The van der Waals surface area contributed by atoms with Crippen molar-refractivity contribution in [2.45, 2.75) is 6.92 Å². The maximum absolute atomic E-state index is 5.27. The molecule has 62 valence electrons. The number of rotatable bonds is 3. The summed E-state index contributed by atoms with van der Waals surface area (Å²) in [6.45, 7) is 8.12. The minimum absolute atomic E-state index is 0. The lowest BCUT2D eigenvalue weighted by molar-refractivity contribution is 0.0292. The minimum atomic E-state index is 0. The Balaban J connectivity index is 0.000001000. The standard InChI is InChI=1S/C7H16N2O.H2/c1-2-10-7-9-5-3-8-4-6-9;/h8H,2-7H2,1H3;1H. The van der Waals surface area contributed by atoms with Gasteiger partial charge in [0.25, 0.3) is 0 Å². The molecule has 0 aromatic rings. The average molecular weight is 146 g/mol. The van der Waals surface area contributed by atoms with E-state index < -0.39 is 0 Å². The average Bonchev–Trinajstić information content (AvgIpc) is 2.03. The van der Waals surface area contributed by atoms with E-state index in [1.165, 1.54) is 0 Å². The van der Waals surface area contributed by atoms with Crippen molar-refractivity contribution in [3.63, 3.8) is 0 Å². The van der Waals surface area contributed by atoms with Gasteiger partial charge >= 0.3 is 0 Å². The van der Waals surface area contributed by atoms with Crippen LogP contribution in [0.1, 0.15) is 8.35 Å². The van der Waals surface area contributed by atoms with Crippen molar-refractivity contribution in [2.24, 2.45) is 0 Å². The molecule has 1 N–H and O–H groups in total. The molecule has 0 aliphatic carbocycles. The van der Waals surface area contributed by atoms with Crippen LogP contribution in [0.2, 0.25) is 0 Å². The van der Waals surface area contributed by atoms with Crippen LogP contribution >= 0.6 is 0 Å². The maximum atomic E-state index is 5.27. The molecule has 0 bridgehead atoms. The molecule has 0 radical (unpaired) electrons. The highest BCUT2D eigenvalue weighted by Crippen LogP contribution is 1.91. The van der Waals surface area contributed by atoms with Gasteiger partial charge in [0.2, 0.25) is 0 Å². The van der Waals surface area contributed by atoms with Crippen LogP contribution in [0.3, 0.4) is 0 Å². The third kappa shape index (κ3) is 2.64. The molecule has 0 aromatic carbocycles. The van der Waals surface area contributed by atoms with Gasteiger partial charge in [-0.15, -0.1) is 0 Å². The van der Waals surface area contributed by atoms with Crippen molar-refractivity contribution >= 4 is 0 Å². The predicted octanol–water partition coefficient (Wildman–Crippen LogP) is 0.132. The van der Waals surface area contributed by atoms with E-state index >= 15 is 0 Å². The summed E-state index contributed by atoms with van der Waals surface area (Å²) in [5.41, 5.74) is 0. The highest BCUT2D eigenvalue weighted by atomic mass is 16.5. The van der Waals surface area contributed by atoms with Crippen LogP contribution < -0.4 is 5.32 Å². The Hall–Kier alpha value is -0.120. The summed E-state index contributed by atoms with van der Waals surface area (Å²) >= 11 is 0. The quantitative estimate of drug-likeness (QED) is 0.612. The molecule has 3 heteroatoms. The van der Waals surface area contributed by atoms with Gasteiger partial charge in [0, 0.05) is 34.2 Å². The summed E-state index contributed by atoms with van der Waals surface area (Å²) in [5, 5.41) is 3.29. The largest absolute Gasteiger partial charge is 0.366 e. The first kappa shape index (κ1) is 7.98. The van der Waals surface area contributed by atoms with E-state index in [0.717, 1.165) is 39.5 Å². The summed E-state index contributed by atoms with van der Waals surface area (Å²) in [4.78, 5) is 2.32. The fraction of sp³-hybridized carbons (Fsp3) is 1.00. The van der Waals surface area contributed by atoms with Crippen molar-refractivity contribution in [2.75, 3.05) is 39.5 Å². The van der Waals surface area contributed by atoms with Crippen molar-refractivity contribution in [1.29, 1.82) is 0 Å². The Bertz CT molecular complexity index is 86.5. The molecule has 0 amide bonds. The van der Waals surface area contributed by atoms with E-state index in [1.807, 2.05) is 6.92 Å². The summed E-state index contributed by atoms with van der Waals surface area (Å²) in [6.07, 6.45) is 0. The van der Waals surface area contributed by atoms with Crippen molar-refractivity contribution in [3.8, 4) is 0 Å². The molecule has 1 fully saturated rings. The number of piperazine rings is 1. The lowest BCUT2D eigenvalue weighted by atomic mass is 10.4. The van der Waals surface area contributed by atoms with Crippen molar-refractivity contribution in [3.05, 3.63) is 0 Å². The SMILES string of the molecule is CCOCN1CCNCC1.[HH]. The zero-order valence-corrected chi connectivity index (χ0v) is 6.60. The minimum Gasteiger partial charge on any atom is -0.366 e. The zero-order chi connectivity index (χ0) is 7.23. The topological polar surface area (TPSA) is 24.5 Å². The van der Waals surface area contributed by atoms with Crippen molar-refractivity contribution in [1.82, 2.24) is 10.2 Å². The molecule has 0 aromatic heterocycles. The number of hydrogen-bond acceptors (Lipinski definition) is 3. The van der Waals surface area contributed by atoms with E-state index in [0.29, 0.717) is 0 Å². The van der Waals surface area contributed by atoms with Crippen molar-refractivity contribution < 1.29 is 6.16 Å². The van der Waals surface area contributed by atoms with Crippen LogP contribution in [-0.4, -0.2) is 44.4 Å². The third-order valence-electron chi connectivity index (χ3n) is 1.69. The summed E-state index contributed by atoms with van der Waals surface area (Å²) in [7, 11) is 0. The van der Waals surface area contributed by atoms with E-state index in [1.54, 1.807) is 0 Å². The molecular weight excluding hydrogens is 128 g/mol. The van der Waals surface area contributed by atoms with Gasteiger partial charge in [-0.05, 0) is 6.92 Å². The van der Waals surface area contributed by atoms with Gasteiger partial charge in [0.1, 0.15) is 0 Å². The Labute approximate surface area is 63.8 Å². The molecule has 0 atom stereocenters. The molecule has 1 aliphatic heterocycles. The van der Waals surface area contributed by atoms with Crippen LogP contribution in [-0.2, 0) is 4.74 Å². The molecule has 1 saturated heterocycles. The number of nitrogens with one attached hydrogen (secondary N) is 1. The lowest BCUT2D eigenvalue weighted by Gasteiger charge is -2.26. The second-order valence-electron chi connectivity index (χ2n) is 2.49. The maximum Gasteiger partial charge on any atom is 0.0990 e.